The van der Waals surface area contributed by atoms with Gasteiger partial charge in [0.15, 0.2) is 11.8 Å². The molecular formula is C12H18FN4O13P3. The van der Waals surface area contributed by atoms with Gasteiger partial charge in [0.05, 0.1) is 9.30 Å². The van der Waals surface area contributed by atoms with Gasteiger partial charge in [0.1, 0.15) is 24.7 Å². The third kappa shape index (κ3) is 7.22. The fourth-order valence-corrected chi connectivity index (χ4v) is 5.33. The van der Waals surface area contributed by atoms with E-state index in [2.05, 4.69) is 24.0 Å². The molecule has 9 N–H and O–H groups in total. The van der Waals surface area contributed by atoms with E-state index in [9.17, 15) is 37.8 Å². The molecule has 0 aliphatic carbocycles. The summed E-state index contributed by atoms with van der Waals surface area (Å²) in [5, 5.41) is 10.6. The quantitative estimate of drug-likeness (QED) is 0.140. The van der Waals surface area contributed by atoms with Crippen molar-refractivity contribution >= 4 is 29.3 Å². The van der Waals surface area contributed by atoms with E-state index < -0.39 is 66.4 Å². The maximum Gasteiger partial charge on any atom is 0.490 e. The van der Waals surface area contributed by atoms with E-state index in [0.29, 0.717) is 4.57 Å². The first-order valence-corrected chi connectivity index (χ1v) is 12.6. The molecule has 1 aliphatic heterocycles. The van der Waals surface area contributed by atoms with E-state index in [0.717, 1.165) is 12.3 Å². The molecule has 0 bridgehead atoms. The van der Waals surface area contributed by atoms with Gasteiger partial charge in [0.25, 0.3) is 0 Å². The third-order valence-electron chi connectivity index (χ3n) is 3.64. The molecule has 186 valence electrons. The second-order valence-corrected chi connectivity index (χ2v) is 10.4. The molecule has 0 amide bonds. The standard InChI is InChI=1S/C12H18FN4O13P3/c13-4-1-3-12(15)9(18)7(28-10(12)17-5-2-8(14)16-11(17)19)6-27-32(23,24)30-33(25,26)29-31(20,21)22/h2,5,7,9-10,18H,4,6,15H2,(H,23,24)(H,25,26)(H2,14,16,19)(H2,20,21,22)/t7-,9+,10-,12?/m1/s1/i6D2. The summed E-state index contributed by atoms with van der Waals surface area (Å²) in [7, 11) is -17.8. The molecule has 1 fully saturated rings. The highest BCUT2D eigenvalue weighted by Crippen LogP contribution is 2.66. The highest BCUT2D eigenvalue weighted by Gasteiger charge is 2.55. The summed E-state index contributed by atoms with van der Waals surface area (Å²) in [5.41, 5.74) is 7.76. The van der Waals surface area contributed by atoms with Gasteiger partial charge in [-0.2, -0.15) is 13.6 Å². The molecule has 3 unspecified atom stereocenters. The van der Waals surface area contributed by atoms with E-state index in [1.54, 1.807) is 0 Å². The predicted octanol–water partition coefficient (Wildman–Crippen LogP) is -1.90. The molecule has 17 nitrogen and oxygen atoms in total. The molecule has 0 spiro atoms. The number of aromatic nitrogens is 2. The third-order valence-corrected chi connectivity index (χ3v) is 7.30. The Balaban J connectivity index is 2.43. The smallest absolute Gasteiger partial charge is 0.387 e. The zero-order chi connectivity index (χ0) is 27.0. The molecule has 1 aromatic heterocycles. The second kappa shape index (κ2) is 9.98. The summed E-state index contributed by atoms with van der Waals surface area (Å²) in [6, 6.07) is 1.08. The lowest BCUT2D eigenvalue weighted by Crippen LogP contribution is -2.55. The number of phosphoric ester groups is 1. The van der Waals surface area contributed by atoms with E-state index in [1.165, 1.54) is 0 Å². The molecule has 0 radical (unpaired) electrons. The van der Waals surface area contributed by atoms with Gasteiger partial charge >= 0.3 is 29.2 Å². The minimum absolute atomic E-state index is 0.248. The number of anilines is 1. The lowest BCUT2D eigenvalue weighted by atomic mass is 9.91. The Morgan fingerprint density at radius 2 is 1.94 bits per heavy atom. The molecule has 6 atom stereocenters. The maximum absolute atomic E-state index is 12.7. The van der Waals surface area contributed by atoms with Crippen molar-refractivity contribution in [1.29, 1.82) is 0 Å². The number of aliphatic hydroxyl groups excluding tert-OH is 1. The van der Waals surface area contributed by atoms with Gasteiger partial charge in [0.2, 0.25) is 0 Å². The van der Waals surface area contributed by atoms with E-state index in [1.807, 2.05) is 5.92 Å². The number of nitrogens with zero attached hydrogens (tertiary/aromatic N) is 2. The Morgan fingerprint density at radius 3 is 2.48 bits per heavy atom. The number of ether oxygens (including phenoxy) is 1. The van der Waals surface area contributed by atoms with Crippen LogP contribution in [0.15, 0.2) is 17.1 Å². The first-order chi connectivity index (χ1) is 15.7. The van der Waals surface area contributed by atoms with Crippen molar-refractivity contribution in [1.82, 2.24) is 9.55 Å². The van der Waals surface area contributed by atoms with Crippen LogP contribution in [0.25, 0.3) is 0 Å². The molecule has 1 saturated heterocycles. The summed E-state index contributed by atoms with van der Waals surface area (Å²) in [6.45, 7) is -4.96. The number of alkyl halides is 1. The summed E-state index contributed by atoms with van der Waals surface area (Å²) >= 11 is 0. The van der Waals surface area contributed by atoms with Crippen LogP contribution in [0.4, 0.5) is 10.2 Å². The van der Waals surface area contributed by atoms with Crippen molar-refractivity contribution < 1.29 is 63.4 Å². The number of nitrogen functional groups attached to an aromatic ring is 1. The largest absolute Gasteiger partial charge is 0.490 e. The molecule has 2 heterocycles. The number of rotatable bonds is 8. The SMILES string of the molecule is [2H]C([2H])(OP(=O)(O)OP(=O)(O)OP(=O)(O)O)[C@H]1O[C@@H](n2ccc(N)nc2=O)C(N)(C#CCF)[C@H]1O. The Labute approximate surface area is 186 Å². The number of hydrogen-bond donors (Lipinski definition) is 7. The Hall–Kier alpha value is -1.54. The predicted molar refractivity (Wildman–Crippen MR) is 103 cm³/mol. The number of nitrogens with two attached hydrogens (primary N) is 2. The topological polar surface area (TPSA) is 276 Å². The average molecular weight is 540 g/mol. The first-order valence-electron chi connectivity index (χ1n) is 9.11. The molecule has 2 rings (SSSR count). The van der Waals surface area contributed by atoms with Crippen LogP contribution in [-0.4, -0.2) is 65.2 Å². The summed E-state index contributed by atoms with van der Waals surface area (Å²) in [6.07, 6.45) is -5.71. The van der Waals surface area contributed by atoms with Crippen LogP contribution in [0.2, 0.25) is 0 Å². The molecule has 21 heteroatoms. The minimum atomic E-state index is -6.05. The molecule has 0 aromatic carbocycles. The van der Waals surface area contributed by atoms with Gasteiger partial charge in [-0.15, -0.1) is 0 Å². The molecule has 0 saturated carbocycles. The van der Waals surface area contributed by atoms with Crippen LogP contribution in [0, 0.1) is 11.8 Å². The Morgan fingerprint density at radius 1 is 1.30 bits per heavy atom. The molecule has 1 aliphatic rings. The maximum atomic E-state index is 12.7. The van der Waals surface area contributed by atoms with Crippen LogP contribution < -0.4 is 17.2 Å². The zero-order valence-electron chi connectivity index (χ0n) is 17.9. The number of aliphatic hydroxyl groups is 1. The van der Waals surface area contributed by atoms with E-state index >= 15 is 0 Å². The Kier molecular flexibility index (Phi) is 7.44. The van der Waals surface area contributed by atoms with Crippen LogP contribution in [0.3, 0.4) is 0 Å². The normalized spacial score (nSPS) is 30.3. The minimum Gasteiger partial charge on any atom is -0.387 e. The van der Waals surface area contributed by atoms with Gasteiger partial charge in [0, 0.05) is 6.20 Å². The highest BCUT2D eigenvalue weighted by molar-refractivity contribution is 7.66. The van der Waals surface area contributed by atoms with Crippen molar-refractivity contribution in [2.75, 3.05) is 19.0 Å². The fourth-order valence-electron chi connectivity index (χ4n) is 2.45. The lowest BCUT2D eigenvalue weighted by Gasteiger charge is -2.27. The highest BCUT2D eigenvalue weighted by atomic mass is 31.3. The van der Waals surface area contributed by atoms with Crippen molar-refractivity contribution in [2.45, 2.75) is 24.0 Å². The van der Waals surface area contributed by atoms with E-state index in [-0.39, 0.29) is 5.82 Å². The summed E-state index contributed by atoms with van der Waals surface area (Å²) in [4.78, 5) is 51.5. The van der Waals surface area contributed by atoms with Crippen molar-refractivity contribution in [3.63, 3.8) is 0 Å². The summed E-state index contributed by atoms with van der Waals surface area (Å²) < 4.78 is 79.5. The van der Waals surface area contributed by atoms with Crippen molar-refractivity contribution in [3.05, 3.63) is 22.7 Å². The number of phosphoric acid groups is 3. The van der Waals surface area contributed by atoms with Gasteiger partial charge in [-0.1, -0.05) is 11.8 Å². The number of hydrogen-bond acceptors (Lipinski definition) is 12. The fraction of sp³-hybridized carbons (Fsp3) is 0.500. The van der Waals surface area contributed by atoms with Crippen LogP contribution >= 0.6 is 23.5 Å². The van der Waals surface area contributed by atoms with E-state index in [4.69, 9.17) is 28.7 Å². The summed E-state index contributed by atoms with van der Waals surface area (Å²) in [5.74, 6) is 3.68. The van der Waals surface area contributed by atoms with Crippen molar-refractivity contribution in [2.24, 2.45) is 5.73 Å². The molecule has 1 aromatic rings. The molecular weight excluding hydrogens is 520 g/mol. The monoisotopic (exact) mass is 540 g/mol. The van der Waals surface area contributed by atoms with Gasteiger partial charge < -0.3 is 40.9 Å². The van der Waals surface area contributed by atoms with Crippen LogP contribution in [0.5, 0.6) is 0 Å². The van der Waals surface area contributed by atoms with Gasteiger partial charge in [-0.3, -0.25) is 9.09 Å². The lowest BCUT2D eigenvalue weighted by molar-refractivity contribution is -0.0467. The first kappa shape index (κ1) is 24.6. The number of halogens is 1. The average Bonchev–Trinajstić information content (AvgIpc) is 2.88. The Bertz CT molecular complexity index is 1230. The van der Waals surface area contributed by atoms with Gasteiger partial charge in [-0.25, -0.2) is 22.9 Å². The van der Waals surface area contributed by atoms with Gasteiger partial charge in [-0.05, 0) is 6.07 Å². The second-order valence-electron chi connectivity index (χ2n) is 6.06. The van der Waals surface area contributed by atoms with Crippen LogP contribution in [0.1, 0.15) is 8.97 Å². The zero-order valence-corrected chi connectivity index (χ0v) is 18.5. The van der Waals surface area contributed by atoms with Crippen molar-refractivity contribution in [3.8, 4) is 11.8 Å². The molecule has 33 heavy (non-hydrogen) atoms. The van der Waals surface area contributed by atoms with Crippen LogP contribution in [-0.2, 0) is 31.6 Å².